The standard InChI is InChI=1S/C24H23ClN2O3S.C21H17ClN2O3S/c25-20-15-22(23(28)19-9-5-2-6-10-19)24(26-16-20)27-31(29,30)21-13-11-18(12-14-21)17-7-3-1-4-8-17;22-17-12-19(20(25)16-4-2-1-3-5-16)21(23-13-17)24-28(26,27)18-10-8-15(9-11-18)14-6-7-14/h2,5-6,9-17H,1,3-4,7-8H2,(H,26,27);1-5,8-14H,6-7H2,(H,23,24). The van der Waals surface area contributed by atoms with Gasteiger partial charge in [0.05, 0.1) is 31.0 Å². The molecular weight excluding hydrogens is 828 g/mol. The Morgan fingerprint density at radius 2 is 0.881 bits per heavy atom. The van der Waals surface area contributed by atoms with Gasteiger partial charge in [0.25, 0.3) is 20.0 Å². The summed E-state index contributed by atoms with van der Waals surface area (Å²) in [6, 6.07) is 33.8. The van der Waals surface area contributed by atoms with Crippen LogP contribution in [0.5, 0.6) is 0 Å². The van der Waals surface area contributed by atoms with E-state index in [-0.39, 0.29) is 54.2 Å². The molecule has 0 saturated heterocycles. The first-order valence-electron chi connectivity index (χ1n) is 19.1. The van der Waals surface area contributed by atoms with Crippen molar-refractivity contribution in [2.24, 2.45) is 0 Å². The molecule has 2 aliphatic rings. The molecule has 0 spiro atoms. The van der Waals surface area contributed by atoms with Gasteiger partial charge in [0.2, 0.25) is 0 Å². The maximum absolute atomic E-state index is 13.0. The number of carbonyl (C=O) groups is 2. The fourth-order valence-corrected chi connectivity index (χ4v) is 9.32. The van der Waals surface area contributed by atoms with E-state index in [1.807, 2.05) is 24.3 Å². The first-order valence-corrected chi connectivity index (χ1v) is 22.9. The van der Waals surface area contributed by atoms with Crippen molar-refractivity contribution >= 4 is 66.5 Å². The number of pyridine rings is 2. The Hall–Kier alpha value is -5.40. The molecule has 59 heavy (non-hydrogen) atoms. The fourth-order valence-electron chi connectivity index (χ4n) is 6.94. The molecule has 0 radical (unpaired) electrons. The normalized spacial score (nSPS) is 14.4. The van der Waals surface area contributed by atoms with Gasteiger partial charge in [-0.2, -0.15) is 0 Å². The molecule has 302 valence electrons. The highest BCUT2D eigenvalue weighted by Crippen LogP contribution is 2.40. The molecule has 2 aliphatic carbocycles. The smallest absolute Gasteiger partial charge is 0.263 e. The number of anilines is 2. The zero-order chi connectivity index (χ0) is 41.6. The van der Waals surface area contributed by atoms with Gasteiger partial charge >= 0.3 is 0 Å². The van der Waals surface area contributed by atoms with Crippen molar-refractivity contribution in [2.75, 3.05) is 9.44 Å². The summed E-state index contributed by atoms with van der Waals surface area (Å²) in [6.07, 6.45) is 10.9. The summed E-state index contributed by atoms with van der Waals surface area (Å²) in [5.41, 5.74) is 3.34. The topological polar surface area (TPSA) is 152 Å². The monoisotopic (exact) mass is 866 g/mol. The van der Waals surface area contributed by atoms with Crippen molar-refractivity contribution in [3.8, 4) is 0 Å². The molecule has 10 nitrogen and oxygen atoms in total. The van der Waals surface area contributed by atoms with Gasteiger partial charge in [-0.05, 0) is 85.0 Å². The minimum atomic E-state index is -3.92. The van der Waals surface area contributed by atoms with E-state index in [9.17, 15) is 26.4 Å². The van der Waals surface area contributed by atoms with Crippen LogP contribution in [0.3, 0.4) is 0 Å². The van der Waals surface area contributed by atoms with Crippen LogP contribution in [-0.4, -0.2) is 38.4 Å². The fraction of sp³-hybridized carbons (Fsp3) is 0.200. The van der Waals surface area contributed by atoms with Gasteiger partial charge in [0, 0.05) is 23.5 Å². The van der Waals surface area contributed by atoms with Crippen molar-refractivity contribution in [1.82, 2.24) is 9.97 Å². The van der Waals surface area contributed by atoms with Crippen molar-refractivity contribution in [1.29, 1.82) is 0 Å². The van der Waals surface area contributed by atoms with Gasteiger partial charge in [-0.15, -0.1) is 0 Å². The predicted molar refractivity (Wildman–Crippen MR) is 231 cm³/mol. The molecule has 14 heteroatoms. The molecule has 8 rings (SSSR count). The number of hydrogen-bond donors (Lipinski definition) is 2. The number of hydrogen-bond acceptors (Lipinski definition) is 8. The number of benzene rings is 4. The summed E-state index contributed by atoms with van der Waals surface area (Å²) < 4.78 is 56.5. The van der Waals surface area contributed by atoms with E-state index in [2.05, 4.69) is 19.4 Å². The molecule has 2 N–H and O–H groups in total. The lowest BCUT2D eigenvalue weighted by Gasteiger charge is -2.22. The molecule has 2 saturated carbocycles. The molecule has 0 amide bonds. The van der Waals surface area contributed by atoms with Crippen LogP contribution in [0.4, 0.5) is 11.6 Å². The number of ketones is 2. The van der Waals surface area contributed by atoms with Gasteiger partial charge in [-0.1, -0.05) is 127 Å². The second-order valence-corrected chi connectivity index (χ2v) is 18.7. The molecule has 2 heterocycles. The Kier molecular flexibility index (Phi) is 12.9. The first-order chi connectivity index (χ1) is 28.4. The lowest BCUT2D eigenvalue weighted by molar-refractivity contribution is 0.103. The van der Waals surface area contributed by atoms with Crippen LogP contribution in [0.25, 0.3) is 0 Å². The van der Waals surface area contributed by atoms with Crippen molar-refractivity contribution in [3.63, 3.8) is 0 Å². The van der Waals surface area contributed by atoms with Gasteiger partial charge in [0.1, 0.15) is 0 Å². The summed E-state index contributed by atoms with van der Waals surface area (Å²) in [7, 11) is -7.81. The van der Waals surface area contributed by atoms with Gasteiger partial charge < -0.3 is 0 Å². The summed E-state index contributed by atoms with van der Waals surface area (Å²) in [5, 5.41) is 0.495. The summed E-state index contributed by atoms with van der Waals surface area (Å²) >= 11 is 12.0. The first kappa shape index (κ1) is 41.7. The van der Waals surface area contributed by atoms with E-state index in [4.69, 9.17) is 23.2 Å². The quantitative estimate of drug-likeness (QED) is 0.115. The number of rotatable bonds is 12. The van der Waals surface area contributed by atoms with Gasteiger partial charge in [-0.25, -0.2) is 26.8 Å². The molecule has 0 bridgehead atoms. The van der Waals surface area contributed by atoms with Crippen LogP contribution in [-0.2, 0) is 20.0 Å². The van der Waals surface area contributed by atoms with E-state index >= 15 is 0 Å². The highest BCUT2D eigenvalue weighted by Gasteiger charge is 2.26. The van der Waals surface area contributed by atoms with Crippen molar-refractivity contribution in [3.05, 3.63) is 177 Å². The van der Waals surface area contributed by atoms with E-state index in [1.54, 1.807) is 84.9 Å². The number of nitrogens with zero attached hydrogens (tertiary/aromatic N) is 2. The number of carbonyl (C=O) groups excluding carboxylic acids is 2. The number of nitrogens with one attached hydrogen (secondary N) is 2. The number of aromatic nitrogens is 2. The maximum Gasteiger partial charge on any atom is 0.263 e. The third kappa shape index (κ3) is 10.4. The predicted octanol–water partition coefficient (Wildman–Crippen LogP) is 10.5. The van der Waals surface area contributed by atoms with Crippen LogP contribution in [0.15, 0.2) is 144 Å². The summed E-state index contributed by atoms with van der Waals surface area (Å²) in [5.74, 6) is 0.210. The van der Waals surface area contributed by atoms with Crippen LogP contribution >= 0.6 is 23.2 Å². The summed E-state index contributed by atoms with van der Waals surface area (Å²) in [4.78, 5) is 34.1. The molecule has 4 aromatic carbocycles. The zero-order valence-corrected chi connectivity index (χ0v) is 34.9. The van der Waals surface area contributed by atoms with E-state index in [0.29, 0.717) is 23.0 Å². The van der Waals surface area contributed by atoms with Crippen LogP contribution < -0.4 is 9.44 Å². The molecule has 0 atom stereocenters. The average Bonchev–Trinajstić information content (AvgIpc) is 4.12. The lowest BCUT2D eigenvalue weighted by Crippen LogP contribution is -2.17. The third-order valence-electron chi connectivity index (χ3n) is 10.2. The Bertz CT molecular complexity index is 2670. The van der Waals surface area contributed by atoms with E-state index in [1.165, 1.54) is 49.4 Å². The third-order valence-corrected chi connectivity index (χ3v) is 13.4. The minimum Gasteiger partial charge on any atom is -0.288 e. The maximum atomic E-state index is 13.0. The van der Waals surface area contributed by atoms with Crippen LogP contribution in [0.1, 0.15) is 99.8 Å². The van der Waals surface area contributed by atoms with Crippen LogP contribution in [0, 0.1) is 0 Å². The second-order valence-electron chi connectivity index (χ2n) is 14.4. The Morgan fingerprint density at radius 1 is 0.508 bits per heavy atom. The van der Waals surface area contributed by atoms with Gasteiger partial charge in [0.15, 0.2) is 23.2 Å². The molecular formula is C45H40Cl2N4O6S2. The second kappa shape index (κ2) is 18.3. The molecule has 2 fully saturated rings. The highest BCUT2D eigenvalue weighted by molar-refractivity contribution is 7.93. The van der Waals surface area contributed by atoms with Crippen LogP contribution in [0.2, 0.25) is 10.0 Å². The SMILES string of the molecule is O=C(c1ccccc1)c1cc(Cl)cnc1NS(=O)(=O)c1ccc(C2CC2)cc1.O=C(c1ccccc1)c1cc(Cl)cnc1NS(=O)(=O)c1ccc(C2CCCCC2)cc1. The average molecular weight is 868 g/mol. The molecule has 0 unspecified atom stereocenters. The molecule has 6 aromatic rings. The van der Waals surface area contributed by atoms with Crippen molar-refractivity contribution in [2.45, 2.75) is 66.6 Å². The highest BCUT2D eigenvalue weighted by atomic mass is 35.5. The number of halogens is 2. The Labute approximate surface area is 354 Å². The molecule has 2 aromatic heterocycles. The van der Waals surface area contributed by atoms with E-state index < -0.39 is 20.0 Å². The Balaban J connectivity index is 0.000000180. The zero-order valence-electron chi connectivity index (χ0n) is 31.7. The Morgan fingerprint density at radius 3 is 1.25 bits per heavy atom. The van der Waals surface area contributed by atoms with E-state index in [0.717, 1.165) is 31.2 Å². The largest absolute Gasteiger partial charge is 0.288 e. The lowest BCUT2D eigenvalue weighted by atomic mass is 9.84. The summed E-state index contributed by atoms with van der Waals surface area (Å²) in [6.45, 7) is 0. The minimum absolute atomic E-state index is 0.0467. The molecule has 0 aliphatic heterocycles. The van der Waals surface area contributed by atoms with Gasteiger partial charge in [-0.3, -0.25) is 19.0 Å². The van der Waals surface area contributed by atoms with Crippen molar-refractivity contribution < 1.29 is 26.4 Å². The number of sulfonamides is 2.